The lowest BCUT2D eigenvalue weighted by Crippen LogP contribution is -2.41. The first-order valence-corrected chi connectivity index (χ1v) is 8.30. The maximum atomic E-state index is 12.9. The molecule has 2 fully saturated rings. The fraction of sp³-hybridized carbons (Fsp3) is 0.882. The van der Waals surface area contributed by atoms with Crippen LogP contribution in [-0.2, 0) is 9.59 Å². The van der Waals surface area contributed by atoms with Crippen LogP contribution >= 0.6 is 0 Å². The van der Waals surface area contributed by atoms with Gasteiger partial charge in [-0.15, -0.1) is 0 Å². The summed E-state index contributed by atoms with van der Waals surface area (Å²) in [6.45, 7) is 8.92. The molecule has 0 heterocycles. The molecular weight excluding hydrogens is 266 g/mol. The van der Waals surface area contributed by atoms with Crippen LogP contribution in [0.5, 0.6) is 0 Å². The van der Waals surface area contributed by atoms with Crippen LogP contribution in [0.2, 0.25) is 0 Å². The van der Waals surface area contributed by atoms with Crippen molar-refractivity contribution in [3.63, 3.8) is 0 Å². The smallest absolute Gasteiger partial charge is 0.307 e. The van der Waals surface area contributed by atoms with Gasteiger partial charge < -0.3 is 10.0 Å². The van der Waals surface area contributed by atoms with Gasteiger partial charge in [-0.2, -0.15) is 0 Å². The van der Waals surface area contributed by atoms with Gasteiger partial charge in [0.1, 0.15) is 0 Å². The van der Waals surface area contributed by atoms with Crippen molar-refractivity contribution >= 4 is 11.9 Å². The van der Waals surface area contributed by atoms with E-state index in [1.54, 1.807) is 0 Å². The lowest BCUT2D eigenvalue weighted by atomic mass is 10.1. The molecule has 0 aliphatic heterocycles. The van der Waals surface area contributed by atoms with E-state index in [2.05, 4.69) is 13.8 Å². The molecular formula is C17H29NO3. The molecule has 0 radical (unpaired) electrons. The third-order valence-electron chi connectivity index (χ3n) is 5.36. The van der Waals surface area contributed by atoms with E-state index < -0.39 is 17.3 Å². The molecule has 120 valence electrons. The Balaban J connectivity index is 2.09. The molecule has 4 nitrogen and oxygen atoms in total. The quantitative estimate of drug-likeness (QED) is 0.819. The summed E-state index contributed by atoms with van der Waals surface area (Å²) in [4.78, 5) is 26.2. The Hall–Kier alpha value is -1.06. The number of carboxylic acids is 1. The van der Waals surface area contributed by atoms with E-state index in [0.29, 0.717) is 12.0 Å². The molecule has 2 aliphatic carbocycles. The predicted octanol–water partition coefficient (Wildman–Crippen LogP) is 3.16. The first-order valence-electron chi connectivity index (χ1n) is 8.30. The highest BCUT2D eigenvalue weighted by atomic mass is 16.4. The van der Waals surface area contributed by atoms with Crippen molar-refractivity contribution in [3.8, 4) is 0 Å². The normalized spacial score (nSPS) is 27.9. The van der Waals surface area contributed by atoms with Crippen LogP contribution in [0.1, 0.15) is 59.8 Å². The van der Waals surface area contributed by atoms with Crippen molar-refractivity contribution in [1.82, 2.24) is 4.90 Å². The Kier molecular flexibility index (Phi) is 4.64. The summed E-state index contributed by atoms with van der Waals surface area (Å²) in [6.07, 6.45) is 5.52. The molecule has 21 heavy (non-hydrogen) atoms. The second-order valence-corrected chi connectivity index (χ2v) is 7.77. The summed E-state index contributed by atoms with van der Waals surface area (Å²) in [6, 6.07) is 0.335. The second kappa shape index (κ2) is 5.98. The average Bonchev–Trinajstić information content (AvgIpc) is 2.76. The maximum Gasteiger partial charge on any atom is 0.307 e. The molecule has 0 aromatic carbocycles. The van der Waals surface area contributed by atoms with Crippen LogP contribution in [-0.4, -0.2) is 34.5 Å². The monoisotopic (exact) mass is 295 g/mol. The number of hydrogen-bond acceptors (Lipinski definition) is 2. The van der Waals surface area contributed by atoms with Gasteiger partial charge in [-0.05, 0) is 30.6 Å². The number of hydrogen-bond donors (Lipinski definition) is 1. The fourth-order valence-corrected chi connectivity index (χ4v) is 3.82. The molecule has 1 amide bonds. The molecule has 2 aliphatic rings. The number of carbonyl (C=O) groups is 2. The Morgan fingerprint density at radius 1 is 1.19 bits per heavy atom. The third kappa shape index (κ3) is 3.24. The first-order chi connectivity index (χ1) is 9.76. The largest absolute Gasteiger partial charge is 0.481 e. The van der Waals surface area contributed by atoms with E-state index in [1.165, 1.54) is 12.8 Å². The zero-order valence-electron chi connectivity index (χ0n) is 13.8. The highest BCUT2D eigenvalue weighted by molar-refractivity contribution is 5.91. The van der Waals surface area contributed by atoms with Gasteiger partial charge in [0.25, 0.3) is 0 Å². The zero-order valence-corrected chi connectivity index (χ0v) is 13.8. The molecule has 0 aromatic rings. The maximum absolute atomic E-state index is 12.9. The minimum atomic E-state index is -0.825. The van der Waals surface area contributed by atoms with Gasteiger partial charge in [0, 0.05) is 12.6 Å². The standard InChI is InChI=1S/C17H29NO3/c1-11(2)9-10-18(12-7-5-6-8-12)15(19)13-14(16(20)21)17(13,3)4/h11-14H,5-10H2,1-4H3,(H,20,21)/t13-,14+/m1/s1. The molecule has 4 heteroatoms. The molecule has 0 bridgehead atoms. The molecule has 0 aromatic heterocycles. The Morgan fingerprint density at radius 2 is 1.76 bits per heavy atom. The molecule has 0 spiro atoms. The predicted molar refractivity (Wildman–Crippen MR) is 81.8 cm³/mol. The van der Waals surface area contributed by atoms with Crippen LogP contribution < -0.4 is 0 Å². The summed E-state index contributed by atoms with van der Waals surface area (Å²) in [5, 5.41) is 9.30. The highest BCUT2D eigenvalue weighted by Gasteiger charge is 2.66. The number of rotatable bonds is 6. The molecule has 1 N–H and O–H groups in total. The minimum absolute atomic E-state index is 0.0833. The van der Waals surface area contributed by atoms with Crippen LogP contribution in [0.25, 0.3) is 0 Å². The zero-order chi connectivity index (χ0) is 15.8. The van der Waals surface area contributed by atoms with E-state index in [-0.39, 0.29) is 11.8 Å². The molecule has 2 saturated carbocycles. The summed E-state index contributed by atoms with van der Waals surface area (Å²) >= 11 is 0. The van der Waals surface area contributed by atoms with Gasteiger partial charge in [-0.25, -0.2) is 0 Å². The number of carboxylic acid groups (broad SMARTS) is 1. The number of carbonyl (C=O) groups excluding carboxylic acids is 1. The van der Waals surface area contributed by atoms with Gasteiger partial charge in [0.2, 0.25) is 5.91 Å². The summed E-state index contributed by atoms with van der Waals surface area (Å²) in [7, 11) is 0. The van der Waals surface area contributed by atoms with Crippen LogP contribution in [0.3, 0.4) is 0 Å². The number of nitrogens with zero attached hydrogens (tertiary/aromatic N) is 1. The minimum Gasteiger partial charge on any atom is -0.481 e. The molecule has 2 rings (SSSR count). The van der Waals surface area contributed by atoms with E-state index >= 15 is 0 Å². The van der Waals surface area contributed by atoms with Crippen molar-refractivity contribution in [2.24, 2.45) is 23.2 Å². The Labute approximate surface area is 127 Å². The van der Waals surface area contributed by atoms with Crippen LogP contribution in [0, 0.1) is 23.2 Å². The number of amides is 1. The summed E-state index contributed by atoms with van der Waals surface area (Å²) in [5.74, 6) is -1.02. The highest BCUT2D eigenvalue weighted by Crippen LogP contribution is 2.59. The van der Waals surface area contributed by atoms with Crippen LogP contribution in [0.4, 0.5) is 0 Å². The molecule has 2 atom stereocenters. The summed E-state index contributed by atoms with van der Waals surface area (Å²) < 4.78 is 0. The third-order valence-corrected chi connectivity index (χ3v) is 5.36. The fourth-order valence-electron chi connectivity index (χ4n) is 3.82. The number of aliphatic carboxylic acids is 1. The second-order valence-electron chi connectivity index (χ2n) is 7.77. The van der Waals surface area contributed by atoms with Crippen molar-refractivity contribution in [1.29, 1.82) is 0 Å². The van der Waals surface area contributed by atoms with E-state index in [0.717, 1.165) is 25.8 Å². The van der Waals surface area contributed by atoms with Crippen molar-refractivity contribution < 1.29 is 14.7 Å². The molecule has 0 saturated heterocycles. The lowest BCUT2D eigenvalue weighted by molar-refractivity contribution is -0.142. The van der Waals surface area contributed by atoms with Gasteiger partial charge in [0.15, 0.2) is 0 Å². The van der Waals surface area contributed by atoms with Crippen LogP contribution in [0.15, 0.2) is 0 Å². The molecule has 0 unspecified atom stereocenters. The first kappa shape index (κ1) is 16.3. The van der Waals surface area contributed by atoms with Crippen molar-refractivity contribution in [3.05, 3.63) is 0 Å². The van der Waals surface area contributed by atoms with E-state index in [4.69, 9.17) is 0 Å². The van der Waals surface area contributed by atoms with Crippen molar-refractivity contribution in [2.45, 2.75) is 65.8 Å². The van der Waals surface area contributed by atoms with E-state index in [9.17, 15) is 14.7 Å². The topological polar surface area (TPSA) is 57.6 Å². The average molecular weight is 295 g/mol. The van der Waals surface area contributed by atoms with E-state index in [1.807, 2.05) is 18.7 Å². The van der Waals surface area contributed by atoms with Crippen molar-refractivity contribution in [2.75, 3.05) is 6.54 Å². The summed E-state index contributed by atoms with van der Waals surface area (Å²) in [5.41, 5.74) is -0.391. The van der Waals surface area contributed by atoms with Gasteiger partial charge in [-0.1, -0.05) is 40.5 Å². The van der Waals surface area contributed by atoms with Gasteiger partial charge in [-0.3, -0.25) is 9.59 Å². The van der Waals surface area contributed by atoms with Gasteiger partial charge in [0.05, 0.1) is 11.8 Å². The van der Waals surface area contributed by atoms with Gasteiger partial charge >= 0.3 is 5.97 Å². The lowest BCUT2D eigenvalue weighted by Gasteiger charge is -2.30. The Morgan fingerprint density at radius 3 is 2.19 bits per heavy atom. The SMILES string of the molecule is CC(C)CCN(C(=O)[C@H]1[C@@H](C(=O)O)C1(C)C)C1CCCC1. The Bertz CT molecular complexity index is 410.